The average molecular weight is 1310 g/mol. The molecule has 2 spiro atoms. The molecule has 18 aromatic carbocycles. The van der Waals surface area contributed by atoms with E-state index < -0.39 is 10.8 Å². The summed E-state index contributed by atoms with van der Waals surface area (Å²) in [5, 5.41) is 14.8. The number of rotatable bonds is 5. The number of aromatic nitrogens is 2. The smallest absolute Gasteiger partial charge is 0.0754 e. The Kier molecular flexibility index (Phi) is 11.2. The van der Waals surface area contributed by atoms with Crippen LogP contribution >= 0.6 is 0 Å². The Morgan fingerprint density at radius 2 is 0.452 bits per heavy atom. The van der Waals surface area contributed by atoms with E-state index in [1.807, 2.05) is 0 Å². The number of hydrogen-bond donors (Lipinski definition) is 0. The van der Waals surface area contributed by atoms with Gasteiger partial charge in [-0.3, -0.25) is 0 Å². The largest absolute Gasteiger partial charge is 0.309 e. The predicted molar refractivity (Wildman–Crippen MR) is 434 cm³/mol. The molecule has 2 aliphatic heterocycles. The van der Waals surface area contributed by atoms with E-state index in [1.54, 1.807) is 0 Å². The summed E-state index contributed by atoms with van der Waals surface area (Å²) in [6.07, 6.45) is 0. The summed E-state index contributed by atoms with van der Waals surface area (Å²) in [7, 11) is 0. The van der Waals surface area contributed by atoms with Crippen LogP contribution in [-0.4, -0.2) is 9.13 Å². The Hall–Kier alpha value is -13.4. The van der Waals surface area contributed by atoms with Crippen LogP contribution in [0.25, 0.3) is 176 Å². The Morgan fingerprint density at radius 3 is 0.894 bits per heavy atom. The van der Waals surface area contributed by atoms with Crippen molar-refractivity contribution in [3.05, 3.63) is 408 Å². The second-order valence-electron chi connectivity index (χ2n) is 29.0. The van der Waals surface area contributed by atoms with E-state index in [1.165, 1.54) is 220 Å². The molecule has 0 saturated heterocycles. The van der Waals surface area contributed by atoms with Crippen LogP contribution in [0.2, 0.25) is 0 Å². The van der Waals surface area contributed by atoms with Gasteiger partial charge in [-0.1, -0.05) is 328 Å². The molecular weight excluding hydrogens is 1250 g/mol. The summed E-state index contributed by atoms with van der Waals surface area (Å²) in [5.41, 5.74) is 33.8. The third-order valence-corrected chi connectivity index (χ3v) is 24.5. The fraction of sp³-hybridized carbons (Fsp3) is 0.0196. The minimum absolute atomic E-state index is 0.630. The number of para-hydroxylation sites is 6. The van der Waals surface area contributed by atoms with Gasteiger partial charge in [0.25, 0.3) is 0 Å². The lowest BCUT2D eigenvalue weighted by Crippen LogP contribution is -2.33. The maximum atomic E-state index is 2.60. The monoisotopic (exact) mass is 1310 g/mol. The van der Waals surface area contributed by atoms with E-state index in [0.717, 1.165) is 0 Å². The molecule has 104 heavy (non-hydrogen) atoms. The molecule has 0 saturated carbocycles. The number of hydrogen-bond acceptors (Lipinski definition) is 0. The Labute approximate surface area is 600 Å². The molecule has 4 aliphatic rings. The first-order chi connectivity index (χ1) is 51.7. The van der Waals surface area contributed by atoms with E-state index in [4.69, 9.17) is 0 Å². The van der Waals surface area contributed by atoms with E-state index in [2.05, 4.69) is 373 Å². The summed E-state index contributed by atoms with van der Waals surface area (Å²) in [6, 6.07) is 139. The minimum atomic E-state index is -0.630. The van der Waals surface area contributed by atoms with Crippen molar-refractivity contribution in [2.75, 3.05) is 0 Å². The molecule has 478 valence electrons. The minimum Gasteiger partial charge on any atom is -0.309 e. The van der Waals surface area contributed by atoms with Crippen LogP contribution in [-0.2, 0) is 10.8 Å². The molecule has 2 unspecified atom stereocenters. The van der Waals surface area contributed by atoms with Crippen molar-refractivity contribution >= 4 is 86.7 Å². The highest BCUT2D eigenvalue weighted by Gasteiger charge is 2.53. The summed E-state index contributed by atoms with van der Waals surface area (Å²) in [4.78, 5) is 0. The molecule has 24 rings (SSSR count). The molecule has 0 radical (unpaired) electrons. The third kappa shape index (κ3) is 6.96. The van der Waals surface area contributed by atoms with Crippen molar-refractivity contribution in [2.45, 2.75) is 10.8 Å². The van der Waals surface area contributed by atoms with Gasteiger partial charge < -0.3 is 9.13 Å². The Bertz CT molecular complexity index is 6800. The Balaban J connectivity index is 0.841. The second kappa shape index (κ2) is 20.6. The average Bonchev–Trinajstić information content (AvgIpc) is 1.49. The second-order valence-corrected chi connectivity index (χ2v) is 29.0. The highest BCUT2D eigenvalue weighted by atomic mass is 15.0. The van der Waals surface area contributed by atoms with Gasteiger partial charge in [0.15, 0.2) is 0 Å². The number of fused-ring (bicyclic) bond motifs is 28. The van der Waals surface area contributed by atoms with Crippen LogP contribution in [0.5, 0.6) is 0 Å². The number of benzene rings is 18. The maximum absolute atomic E-state index is 2.60. The van der Waals surface area contributed by atoms with Crippen molar-refractivity contribution in [3.63, 3.8) is 0 Å². The zero-order valence-electron chi connectivity index (χ0n) is 56.5. The molecule has 20 aromatic rings. The van der Waals surface area contributed by atoms with Crippen LogP contribution in [0.1, 0.15) is 44.5 Å². The maximum Gasteiger partial charge on any atom is 0.0754 e. The topological polar surface area (TPSA) is 9.86 Å². The molecule has 2 atom stereocenters. The van der Waals surface area contributed by atoms with Crippen molar-refractivity contribution in [1.82, 2.24) is 9.13 Å². The van der Waals surface area contributed by atoms with Crippen molar-refractivity contribution in [2.24, 2.45) is 0 Å². The standard InChI is InChI=1S/C102H60N2/c1-3-27-61(28-4-1)63-35-19-39-71-79(63)59-80-64(62-29-5-2-6-30-62)36-20-40-72(80)97(71)98-73-41-21-37-65(69-43-23-51-87-95(69)77-33-7-11-47-83(77)101(87)85-49-13-17-57-93(85)103-91-55-15-9-31-67(91)75-45-25-53-89(101)99(75)103)81(73)60-82-66(38-22-42-74(82)98)70-44-24-52-88-96(70)78-34-8-12-48-84(78)102(88)86-50-14-18-58-94(86)104-92-56-16-10-32-68(92)76-46-26-54-90(102)100(76)104/h1-60H. The first kappa shape index (κ1) is 56.4. The molecule has 2 aliphatic carbocycles. The molecule has 0 fully saturated rings. The third-order valence-electron chi connectivity index (χ3n) is 24.5. The van der Waals surface area contributed by atoms with E-state index >= 15 is 0 Å². The highest BCUT2D eigenvalue weighted by molar-refractivity contribution is 6.29. The first-order valence-corrected chi connectivity index (χ1v) is 36.5. The molecule has 0 N–H and O–H groups in total. The molecule has 0 bridgehead atoms. The quantitative estimate of drug-likeness (QED) is 0.152. The molecular formula is C102H60N2. The lowest BCUT2D eigenvalue weighted by Gasteiger charge is -2.39. The zero-order valence-corrected chi connectivity index (χ0v) is 56.5. The van der Waals surface area contributed by atoms with Crippen molar-refractivity contribution in [1.29, 1.82) is 0 Å². The van der Waals surface area contributed by atoms with Gasteiger partial charge in [0.05, 0.1) is 44.3 Å². The van der Waals surface area contributed by atoms with Gasteiger partial charge in [-0.15, -0.1) is 0 Å². The molecule has 2 nitrogen and oxygen atoms in total. The summed E-state index contributed by atoms with van der Waals surface area (Å²) < 4.78 is 5.11. The highest BCUT2D eigenvalue weighted by Crippen LogP contribution is 2.66. The molecule has 4 heterocycles. The summed E-state index contributed by atoms with van der Waals surface area (Å²) in [5.74, 6) is 0. The zero-order chi connectivity index (χ0) is 67.7. The van der Waals surface area contributed by atoms with Crippen LogP contribution in [0.15, 0.2) is 364 Å². The van der Waals surface area contributed by atoms with E-state index in [0.29, 0.717) is 0 Å². The predicted octanol–water partition coefficient (Wildman–Crippen LogP) is 26.2. The lowest BCUT2D eigenvalue weighted by molar-refractivity contribution is 0.748. The van der Waals surface area contributed by atoms with Crippen molar-refractivity contribution < 1.29 is 0 Å². The first-order valence-electron chi connectivity index (χ1n) is 36.5. The SMILES string of the molecule is c1ccc(-c2cccc3c(-c4c5cccc(-c6cccc7c6-c6ccccc6C76c7ccccc7-n7c8ccccc8c8cccc6c87)c5cc5c(-c6cccc7c6-c6ccccc6C76c7ccccc7-n7c8ccccc8c8cccc6c87)cccc45)c4cccc(-c5ccccc5)c4cc23)cc1. The van der Waals surface area contributed by atoms with Gasteiger partial charge in [0, 0.05) is 21.5 Å². The van der Waals surface area contributed by atoms with Crippen LogP contribution in [0.3, 0.4) is 0 Å². The van der Waals surface area contributed by atoms with Crippen molar-refractivity contribution in [3.8, 4) is 89.3 Å². The summed E-state index contributed by atoms with van der Waals surface area (Å²) >= 11 is 0. The molecule has 2 heteroatoms. The fourth-order valence-electron chi connectivity index (χ4n) is 20.8. The van der Waals surface area contributed by atoms with Gasteiger partial charge in [0.2, 0.25) is 0 Å². The van der Waals surface area contributed by atoms with Gasteiger partial charge in [0.1, 0.15) is 0 Å². The van der Waals surface area contributed by atoms with Crippen LogP contribution < -0.4 is 0 Å². The van der Waals surface area contributed by atoms with E-state index in [-0.39, 0.29) is 0 Å². The van der Waals surface area contributed by atoms with Gasteiger partial charge >= 0.3 is 0 Å². The number of nitrogens with zero attached hydrogens (tertiary/aromatic N) is 2. The molecule has 0 amide bonds. The normalized spacial score (nSPS) is 15.6. The Morgan fingerprint density at radius 1 is 0.163 bits per heavy atom. The van der Waals surface area contributed by atoms with Crippen LogP contribution in [0.4, 0.5) is 0 Å². The van der Waals surface area contributed by atoms with Crippen LogP contribution in [0, 0.1) is 0 Å². The van der Waals surface area contributed by atoms with E-state index in [9.17, 15) is 0 Å². The van der Waals surface area contributed by atoms with Gasteiger partial charge in [-0.05, 0) is 202 Å². The van der Waals surface area contributed by atoms with Gasteiger partial charge in [-0.25, -0.2) is 0 Å². The van der Waals surface area contributed by atoms with Gasteiger partial charge in [-0.2, -0.15) is 0 Å². The lowest BCUT2D eigenvalue weighted by atomic mass is 9.65. The fourth-order valence-corrected chi connectivity index (χ4v) is 20.8. The summed E-state index contributed by atoms with van der Waals surface area (Å²) in [6.45, 7) is 0. The molecule has 2 aromatic heterocycles.